The molecule has 0 radical (unpaired) electrons. The van der Waals surface area contributed by atoms with Gasteiger partial charge in [-0.1, -0.05) is 33.6 Å². The number of ketones is 1. The van der Waals surface area contributed by atoms with Crippen LogP contribution in [-0.4, -0.2) is 20.7 Å². The van der Waals surface area contributed by atoms with Gasteiger partial charge in [0.15, 0.2) is 5.78 Å². The molecule has 0 unspecified atom stereocenters. The molecule has 0 rings (SSSR count). The molecule has 0 heterocycles. The molecule has 0 amide bonds. The first kappa shape index (κ1) is 15.8. The van der Waals surface area contributed by atoms with E-state index in [-0.39, 0.29) is 25.0 Å². The van der Waals surface area contributed by atoms with Gasteiger partial charge in [0.1, 0.15) is 5.16 Å². The van der Waals surface area contributed by atoms with Gasteiger partial charge in [-0.3, -0.25) is 9.36 Å². The lowest BCUT2D eigenvalue weighted by molar-refractivity contribution is -0.122. The van der Waals surface area contributed by atoms with Gasteiger partial charge < -0.3 is 9.79 Å². The minimum Gasteiger partial charge on any atom is -0.324 e. The fourth-order valence-corrected chi connectivity index (χ4v) is 3.25. The third-order valence-electron chi connectivity index (χ3n) is 3.25. The number of Topliss-reactive ketones (excluding diaryl/α,β-unsaturated/α-hetero) is 1. The number of rotatable bonds is 8. The van der Waals surface area contributed by atoms with Gasteiger partial charge in [-0.25, -0.2) is 0 Å². The first-order chi connectivity index (χ1) is 7.35. The molecule has 0 aromatic carbocycles. The fourth-order valence-electron chi connectivity index (χ4n) is 1.99. The van der Waals surface area contributed by atoms with Crippen molar-refractivity contribution in [3.05, 3.63) is 0 Å². The summed E-state index contributed by atoms with van der Waals surface area (Å²) < 4.78 is 11.5. The van der Waals surface area contributed by atoms with E-state index < -0.39 is 12.8 Å². The second-order valence-corrected chi connectivity index (χ2v) is 6.11. The van der Waals surface area contributed by atoms with Gasteiger partial charge in [0.2, 0.25) is 0 Å². The Bertz CT molecular complexity index is 265. The van der Waals surface area contributed by atoms with Crippen LogP contribution in [0, 0.1) is 0 Å². The van der Waals surface area contributed by atoms with Gasteiger partial charge in [-0.15, -0.1) is 0 Å². The van der Waals surface area contributed by atoms with Crippen molar-refractivity contribution in [2.45, 2.75) is 64.5 Å². The lowest BCUT2D eigenvalue weighted by atomic mass is 9.93. The average Bonchev–Trinajstić information content (AvgIpc) is 2.18. The first-order valence-corrected chi connectivity index (χ1v) is 7.55. The van der Waals surface area contributed by atoms with Crippen LogP contribution >= 0.6 is 7.60 Å². The van der Waals surface area contributed by atoms with Crippen molar-refractivity contribution in [3.8, 4) is 0 Å². The van der Waals surface area contributed by atoms with Gasteiger partial charge in [0.25, 0.3) is 0 Å². The Morgan fingerprint density at radius 3 is 1.94 bits per heavy atom. The zero-order valence-corrected chi connectivity index (χ0v) is 11.3. The minimum absolute atomic E-state index is 0.207. The van der Waals surface area contributed by atoms with E-state index in [0.29, 0.717) is 0 Å². The van der Waals surface area contributed by atoms with Crippen LogP contribution in [0.3, 0.4) is 0 Å². The Morgan fingerprint density at radius 2 is 1.62 bits per heavy atom. The SMILES string of the molecule is CCCCCC(=O)C(CC)(CC)P(=O)(O)O. The molecule has 96 valence electrons. The van der Waals surface area contributed by atoms with E-state index in [4.69, 9.17) is 0 Å². The van der Waals surface area contributed by atoms with Crippen molar-refractivity contribution in [1.82, 2.24) is 0 Å². The van der Waals surface area contributed by atoms with Crippen molar-refractivity contribution >= 4 is 13.4 Å². The Kier molecular flexibility index (Phi) is 6.46. The molecule has 0 saturated heterocycles. The van der Waals surface area contributed by atoms with Gasteiger partial charge >= 0.3 is 7.60 Å². The third-order valence-corrected chi connectivity index (χ3v) is 5.25. The van der Waals surface area contributed by atoms with E-state index in [1.54, 1.807) is 13.8 Å². The summed E-state index contributed by atoms with van der Waals surface area (Å²) in [6, 6.07) is 0. The van der Waals surface area contributed by atoms with E-state index in [9.17, 15) is 19.1 Å². The molecule has 0 aliphatic carbocycles. The largest absolute Gasteiger partial charge is 0.338 e. The molecular weight excluding hydrogens is 227 g/mol. The average molecular weight is 250 g/mol. The van der Waals surface area contributed by atoms with Crippen molar-refractivity contribution in [2.75, 3.05) is 0 Å². The van der Waals surface area contributed by atoms with Crippen LogP contribution in [0.2, 0.25) is 0 Å². The van der Waals surface area contributed by atoms with Crippen molar-refractivity contribution < 1.29 is 19.1 Å². The lowest BCUT2D eigenvalue weighted by Crippen LogP contribution is -2.37. The molecular formula is C11H23O4P. The number of hydrogen-bond acceptors (Lipinski definition) is 2. The normalized spacial score (nSPS) is 12.8. The zero-order chi connectivity index (χ0) is 12.8. The van der Waals surface area contributed by atoms with Gasteiger partial charge in [-0.2, -0.15) is 0 Å². The lowest BCUT2D eigenvalue weighted by Gasteiger charge is -2.30. The van der Waals surface area contributed by atoms with E-state index in [0.717, 1.165) is 19.3 Å². The molecule has 0 aliphatic heterocycles. The quantitative estimate of drug-likeness (QED) is 0.513. The topological polar surface area (TPSA) is 74.6 Å². The summed E-state index contributed by atoms with van der Waals surface area (Å²) in [5, 5.41) is -1.44. The van der Waals surface area contributed by atoms with E-state index in [2.05, 4.69) is 0 Å². The molecule has 0 bridgehead atoms. The Hall–Kier alpha value is -0.180. The summed E-state index contributed by atoms with van der Waals surface area (Å²) in [5.74, 6) is -0.278. The van der Waals surface area contributed by atoms with E-state index >= 15 is 0 Å². The smallest absolute Gasteiger partial charge is 0.324 e. The number of unbranched alkanes of at least 4 members (excludes halogenated alkanes) is 2. The highest BCUT2D eigenvalue weighted by atomic mass is 31.2. The molecule has 0 fully saturated rings. The van der Waals surface area contributed by atoms with Crippen LogP contribution in [0.4, 0.5) is 0 Å². The van der Waals surface area contributed by atoms with Crippen LogP contribution < -0.4 is 0 Å². The van der Waals surface area contributed by atoms with Gasteiger partial charge in [0, 0.05) is 6.42 Å². The molecule has 0 aliphatic rings. The molecule has 0 saturated carbocycles. The molecule has 0 spiro atoms. The molecule has 0 aromatic heterocycles. The van der Waals surface area contributed by atoms with Crippen LogP contribution in [0.15, 0.2) is 0 Å². The molecule has 0 atom stereocenters. The molecule has 16 heavy (non-hydrogen) atoms. The molecule has 5 heteroatoms. The maximum atomic E-state index is 12.0. The Balaban J connectivity index is 4.78. The van der Waals surface area contributed by atoms with E-state index in [1.807, 2.05) is 6.92 Å². The van der Waals surface area contributed by atoms with Gasteiger partial charge in [-0.05, 0) is 19.3 Å². The van der Waals surface area contributed by atoms with Crippen LogP contribution in [-0.2, 0) is 9.36 Å². The standard InChI is InChI=1S/C11H23O4P/c1-4-7-8-9-10(12)11(5-2,6-3)16(13,14)15/h4-9H2,1-3H3,(H2,13,14,15). The monoisotopic (exact) mass is 250 g/mol. The first-order valence-electron chi connectivity index (χ1n) is 5.94. The van der Waals surface area contributed by atoms with Crippen LogP contribution in [0.1, 0.15) is 59.3 Å². The maximum Gasteiger partial charge on any atom is 0.338 e. The van der Waals surface area contributed by atoms with Crippen LogP contribution in [0.25, 0.3) is 0 Å². The Labute approximate surface area is 97.6 Å². The summed E-state index contributed by atoms with van der Waals surface area (Å²) in [5.41, 5.74) is 0. The highest BCUT2D eigenvalue weighted by Crippen LogP contribution is 2.55. The summed E-state index contributed by atoms with van der Waals surface area (Å²) in [7, 11) is -4.36. The molecule has 2 N–H and O–H groups in total. The number of carbonyl (C=O) groups is 1. The number of hydrogen-bond donors (Lipinski definition) is 2. The summed E-state index contributed by atoms with van der Waals surface area (Å²) in [6.45, 7) is 5.36. The summed E-state index contributed by atoms with van der Waals surface area (Å²) >= 11 is 0. The van der Waals surface area contributed by atoms with Crippen molar-refractivity contribution in [1.29, 1.82) is 0 Å². The predicted molar refractivity (Wildman–Crippen MR) is 64.5 cm³/mol. The van der Waals surface area contributed by atoms with Gasteiger partial charge in [0.05, 0.1) is 0 Å². The minimum atomic E-state index is -4.36. The predicted octanol–water partition coefficient (Wildman–Crippen LogP) is 2.87. The molecule has 4 nitrogen and oxygen atoms in total. The van der Waals surface area contributed by atoms with Crippen LogP contribution in [0.5, 0.6) is 0 Å². The Morgan fingerprint density at radius 1 is 1.12 bits per heavy atom. The number of carbonyl (C=O) groups excluding carboxylic acids is 1. The summed E-state index contributed by atoms with van der Waals surface area (Å²) in [6.07, 6.45) is 3.33. The maximum absolute atomic E-state index is 12.0. The van der Waals surface area contributed by atoms with E-state index in [1.165, 1.54) is 0 Å². The fraction of sp³-hybridized carbons (Fsp3) is 0.909. The zero-order valence-electron chi connectivity index (χ0n) is 10.4. The third kappa shape index (κ3) is 3.41. The summed E-state index contributed by atoms with van der Waals surface area (Å²) in [4.78, 5) is 30.6. The highest BCUT2D eigenvalue weighted by molar-refractivity contribution is 7.54. The second-order valence-electron chi connectivity index (χ2n) is 4.16. The van der Waals surface area contributed by atoms with Crippen molar-refractivity contribution in [2.24, 2.45) is 0 Å². The highest BCUT2D eigenvalue weighted by Gasteiger charge is 2.49. The second kappa shape index (κ2) is 6.53. The molecule has 0 aromatic rings. The van der Waals surface area contributed by atoms with Crippen molar-refractivity contribution in [3.63, 3.8) is 0 Å².